The largest absolute Gasteiger partial charge is 0.223 e. The first-order valence-corrected chi connectivity index (χ1v) is 7.21. The maximum Gasteiger partial charge on any atom is 0.185 e. The van der Waals surface area contributed by atoms with Crippen LogP contribution in [0.15, 0.2) is 47.4 Å². The van der Waals surface area contributed by atoms with Crippen LogP contribution in [0.2, 0.25) is 0 Å². The molecule has 2 rings (SSSR count). The Morgan fingerprint density at radius 2 is 1.83 bits per heavy atom. The predicted octanol–water partition coefficient (Wildman–Crippen LogP) is 2.75. The van der Waals surface area contributed by atoms with Gasteiger partial charge in [-0.1, -0.05) is 42.5 Å². The van der Waals surface area contributed by atoms with Crippen LogP contribution in [0.5, 0.6) is 0 Å². The number of rotatable bonds is 2. The Labute approximate surface area is 106 Å². The van der Waals surface area contributed by atoms with Crippen LogP contribution < -0.4 is 0 Å². The monoisotopic (exact) mass is 257 g/mol. The van der Waals surface area contributed by atoms with Crippen molar-refractivity contribution in [2.45, 2.75) is 0 Å². The molecule has 0 aliphatic heterocycles. The molecule has 0 aliphatic rings. The van der Waals surface area contributed by atoms with E-state index in [-0.39, 0.29) is 4.91 Å². The van der Waals surface area contributed by atoms with E-state index < -0.39 is 9.84 Å². The normalized spacial score (nSPS) is 12.3. The maximum atomic E-state index is 11.4. The van der Waals surface area contributed by atoms with Crippen molar-refractivity contribution in [1.29, 1.82) is 5.26 Å². The molecule has 0 aliphatic carbocycles. The van der Waals surface area contributed by atoms with Gasteiger partial charge in [-0.05, 0) is 22.4 Å². The molecule has 0 atom stereocenters. The zero-order chi connectivity index (χ0) is 13.2. The number of sulfone groups is 1. The molecule has 0 aromatic heterocycles. The second-order valence-corrected chi connectivity index (χ2v) is 5.95. The van der Waals surface area contributed by atoms with Crippen LogP contribution in [0.25, 0.3) is 16.8 Å². The van der Waals surface area contributed by atoms with E-state index in [9.17, 15) is 8.42 Å². The second kappa shape index (κ2) is 4.63. The first kappa shape index (κ1) is 12.3. The lowest BCUT2D eigenvalue weighted by molar-refractivity contribution is 0.609. The summed E-state index contributed by atoms with van der Waals surface area (Å²) in [7, 11) is -3.48. The number of nitriles is 1. The standard InChI is InChI=1S/C14H11NO2S/c1-18(16,17)13(10-15)9-12-7-4-6-11-5-2-3-8-14(11)12/h2-9H,1H3. The van der Waals surface area contributed by atoms with E-state index in [2.05, 4.69) is 0 Å². The number of hydrogen-bond acceptors (Lipinski definition) is 3. The van der Waals surface area contributed by atoms with Gasteiger partial charge in [-0.2, -0.15) is 5.26 Å². The van der Waals surface area contributed by atoms with E-state index in [0.717, 1.165) is 22.6 Å². The summed E-state index contributed by atoms with van der Waals surface area (Å²) in [6, 6.07) is 14.9. The van der Waals surface area contributed by atoms with Crippen molar-refractivity contribution in [2.24, 2.45) is 0 Å². The summed E-state index contributed by atoms with van der Waals surface area (Å²) in [5.41, 5.74) is 0.732. The minimum Gasteiger partial charge on any atom is -0.223 e. The number of nitrogens with zero attached hydrogens (tertiary/aromatic N) is 1. The van der Waals surface area contributed by atoms with Crippen LogP contribution in [0, 0.1) is 11.3 Å². The number of fused-ring (bicyclic) bond motifs is 1. The predicted molar refractivity (Wildman–Crippen MR) is 72.4 cm³/mol. The van der Waals surface area contributed by atoms with E-state index in [4.69, 9.17) is 5.26 Å². The molecule has 0 saturated heterocycles. The highest BCUT2D eigenvalue weighted by molar-refractivity contribution is 7.95. The number of benzene rings is 2. The van der Waals surface area contributed by atoms with Gasteiger partial charge in [0.1, 0.15) is 11.0 Å². The van der Waals surface area contributed by atoms with Gasteiger partial charge in [-0.25, -0.2) is 8.42 Å². The van der Waals surface area contributed by atoms with Gasteiger partial charge in [0.2, 0.25) is 0 Å². The molecule has 3 nitrogen and oxygen atoms in total. The lowest BCUT2D eigenvalue weighted by Gasteiger charge is -2.02. The Morgan fingerprint density at radius 3 is 2.50 bits per heavy atom. The molecule has 0 spiro atoms. The van der Waals surface area contributed by atoms with Crippen LogP contribution >= 0.6 is 0 Å². The highest BCUT2D eigenvalue weighted by atomic mass is 32.2. The summed E-state index contributed by atoms with van der Waals surface area (Å²) >= 11 is 0. The van der Waals surface area contributed by atoms with Crippen molar-refractivity contribution in [2.75, 3.05) is 6.26 Å². The van der Waals surface area contributed by atoms with Crippen LogP contribution in [0.4, 0.5) is 0 Å². The molecule has 4 heteroatoms. The topological polar surface area (TPSA) is 57.9 Å². The van der Waals surface area contributed by atoms with E-state index in [0.29, 0.717) is 0 Å². The number of allylic oxidation sites excluding steroid dienone is 1. The molecular formula is C14H11NO2S. The maximum absolute atomic E-state index is 11.4. The summed E-state index contributed by atoms with van der Waals surface area (Å²) in [4.78, 5) is -0.223. The molecule has 0 saturated carbocycles. The lowest BCUT2D eigenvalue weighted by Crippen LogP contribution is -1.98. The van der Waals surface area contributed by atoms with Gasteiger partial charge in [0.25, 0.3) is 0 Å². The van der Waals surface area contributed by atoms with Crippen LogP contribution in [0.1, 0.15) is 5.56 Å². The van der Waals surface area contributed by atoms with Crippen molar-refractivity contribution in [3.8, 4) is 6.07 Å². The summed E-state index contributed by atoms with van der Waals surface area (Å²) in [5, 5.41) is 10.8. The third-order valence-electron chi connectivity index (χ3n) is 2.62. The number of hydrogen-bond donors (Lipinski definition) is 0. The molecule has 90 valence electrons. The highest BCUT2D eigenvalue weighted by Gasteiger charge is 2.11. The fourth-order valence-electron chi connectivity index (χ4n) is 1.74. The molecule has 2 aromatic carbocycles. The zero-order valence-corrected chi connectivity index (χ0v) is 10.6. The molecule has 0 radical (unpaired) electrons. The van der Waals surface area contributed by atoms with Gasteiger partial charge < -0.3 is 0 Å². The van der Waals surface area contributed by atoms with Crippen LogP contribution in [-0.2, 0) is 9.84 Å². The fraction of sp³-hybridized carbons (Fsp3) is 0.0714. The van der Waals surface area contributed by atoms with Crippen molar-refractivity contribution in [3.05, 3.63) is 52.9 Å². The third kappa shape index (κ3) is 2.41. The average Bonchev–Trinajstić information content (AvgIpc) is 2.34. The van der Waals surface area contributed by atoms with Gasteiger partial charge in [-0.3, -0.25) is 0 Å². The third-order valence-corrected chi connectivity index (χ3v) is 3.63. The van der Waals surface area contributed by atoms with Crippen molar-refractivity contribution in [3.63, 3.8) is 0 Å². The molecule has 0 fully saturated rings. The van der Waals surface area contributed by atoms with Gasteiger partial charge in [0.15, 0.2) is 9.84 Å². The summed E-state index contributed by atoms with van der Waals surface area (Å²) in [5.74, 6) is 0. The SMILES string of the molecule is CS(=O)(=O)C(C#N)=Cc1cccc2ccccc12. The Bertz CT molecular complexity index is 762. The molecule has 0 heterocycles. The quantitative estimate of drug-likeness (QED) is 0.777. The molecule has 0 amide bonds. The van der Waals surface area contributed by atoms with Crippen molar-refractivity contribution < 1.29 is 8.42 Å². The Hall–Kier alpha value is -2.12. The van der Waals surface area contributed by atoms with E-state index in [1.807, 2.05) is 36.4 Å². The van der Waals surface area contributed by atoms with E-state index in [1.54, 1.807) is 12.1 Å². The second-order valence-electron chi connectivity index (χ2n) is 3.96. The molecule has 0 bridgehead atoms. The molecule has 0 N–H and O–H groups in total. The molecule has 18 heavy (non-hydrogen) atoms. The minimum absolute atomic E-state index is 0.223. The smallest absolute Gasteiger partial charge is 0.185 e. The van der Waals surface area contributed by atoms with Gasteiger partial charge >= 0.3 is 0 Å². The zero-order valence-electron chi connectivity index (χ0n) is 9.79. The van der Waals surface area contributed by atoms with E-state index >= 15 is 0 Å². The average molecular weight is 257 g/mol. The Kier molecular flexibility index (Phi) is 3.17. The molecule has 0 unspecified atom stereocenters. The summed E-state index contributed by atoms with van der Waals surface area (Å²) in [6.07, 6.45) is 2.45. The molecule has 2 aromatic rings. The van der Waals surface area contributed by atoms with Gasteiger partial charge in [0.05, 0.1) is 0 Å². The van der Waals surface area contributed by atoms with E-state index in [1.165, 1.54) is 6.08 Å². The summed E-state index contributed by atoms with van der Waals surface area (Å²) in [6.45, 7) is 0. The lowest BCUT2D eigenvalue weighted by atomic mass is 10.0. The fourth-order valence-corrected chi connectivity index (χ4v) is 2.25. The van der Waals surface area contributed by atoms with Crippen molar-refractivity contribution >= 4 is 26.7 Å². The first-order valence-electron chi connectivity index (χ1n) is 5.32. The van der Waals surface area contributed by atoms with Crippen molar-refractivity contribution in [1.82, 2.24) is 0 Å². The van der Waals surface area contributed by atoms with Gasteiger partial charge in [0, 0.05) is 6.26 Å². The Morgan fingerprint density at radius 1 is 1.17 bits per heavy atom. The highest BCUT2D eigenvalue weighted by Crippen LogP contribution is 2.21. The minimum atomic E-state index is -3.48. The Balaban J connectivity index is 2.70. The molecular weight excluding hydrogens is 246 g/mol. The van der Waals surface area contributed by atoms with Gasteiger partial charge in [-0.15, -0.1) is 0 Å². The summed E-state index contributed by atoms with van der Waals surface area (Å²) < 4.78 is 22.8. The van der Waals surface area contributed by atoms with Crippen LogP contribution in [0.3, 0.4) is 0 Å². The van der Waals surface area contributed by atoms with Crippen LogP contribution in [-0.4, -0.2) is 14.7 Å². The first-order chi connectivity index (χ1) is 8.52.